The lowest BCUT2D eigenvalue weighted by atomic mass is 9.83. The fourth-order valence-corrected chi connectivity index (χ4v) is 3.56. The van der Waals surface area contributed by atoms with Crippen LogP contribution in [-0.4, -0.2) is 29.8 Å². The van der Waals surface area contributed by atoms with Crippen LogP contribution in [0.1, 0.15) is 17.5 Å². The molecular weight excluding hydrogens is 344 g/mol. The minimum absolute atomic E-state index is 0.514. The van der Waals surface area contributed by atoms with Gasteiger partial charge in [-0.05, 0) is 30.2 Å². The maximum atomic E-state index is 6.20. The zero-order valence-electron chi connectivity index (χ0n) is 11.9. The van der Waals surface area contributed by atoms with Crippen molar-refractivity contribution in [2.75, 3.05) is 13.1 Å². The molecule has 0 fully saturated rings. The van der Waals surface area contributed by atoms with Crippen LogP contribution in [-0.2, 0) is 5.54 Å². The first kappa shape index (κ1) is 13.6. The average molecular weight is 359 g/mol. The van der Waals surface area contributed by atoms with Gasteiger partial charge in [0.2, 0.25) is 0 Å². The van der Waals surface area contributed by atoms with Gasteiger partial charge < -0.3 is 10.2 Å². The van der Waals surface area contributed by atoms with Crippen molar-refractivity contribution < 1.29 is 4.42 Å². The van der Waals surface area contributed by atoms with Gasteiger partial charge >= 0.3 is 0 Å². The van der Waals surface area contributed by atoms with Gasteiger partial charge in [0.1, 0.15) is 5.84 Å². The van der Waals surface area contributed by atoms with Gasteiger partial charge in [-0.25, -0.2) is 4.99 Å². The standard InChI is InChI=1S/C16H15BrN4O/c17-13-4-1-3-11(9-13)16(12-5-8-22-10-12)14-19-6-2-7-21(14)15(18)20-16/h1,3-5,8-10H,2,6-7H2,(H2,18,20)/t16-/m0/s1. The van der Waals surface area contributed by atoms with Crippen LogP contribution in [0.25, 0.3) is 0 Å². The summed E-state index contributed by atoms with van der Waals surface area (Å²) >= 11 is 3.54. The molecule has 0 unspecified atom stereocenters. The highest BCUT2D eigenvalue weighted by atomic mass is 79.9. The van der Waals surface area contributed by atoms with Crippen LogP contribution in [0, 0.1) is 0 Å². The normalized spacial score (nSPS) is 24.0. The number of hydrogen-bond acceptors (Lipinski definition) is 5. The first-order valence-electron chi connectivity index (χ1n) is 7.18. The Morgan fingerprint density at radius 2 is 2.18 bits per heavy atom. The zero-order valence-corrected chi connectivity index (χ0v) is 13.5. The zero-order chi connectivity index (χ0) is 15.2. The molecule has 2 aliphatic rings. The SMILES string of the molecule is NC1=N[C@](c2ccoc2)(c2cccc(Br)c2)C2=NCCCN12. The van der Waals surface area contributed by atoms with Gasteiger partial charge in [-0.3, -0.25) is 9.89 Å². The Morgan fingerprint density at radius 1 is 1.27 bits per heavy atom. The van der Waals surface area contributed by atoms with E-state index in [1.165, 1.54) is 0 Å². The second-order valence-electron chi connectivity index (χ2n) is 5.41. The molecule has 0 bridgehead atoms. The van der Waals surface area contributed by atoms with Crippen molar-refractivity contribution in [3.05, 3.63) is 58.5 Å². The van der Waals surface area contributed by atoms with E-state index < -0.39 is 5.54 Å². The summed E-state index contributed by atoms with van der Waals surface area (Å²) in [6, 6.07) is 10.0. The molecule has 2 aliphatic heterocycles. The molecule has 22 heavy (non-hydrogen) atoms. The third-order valence-corrected chi connectivity index (χ3v) is 4.61. The highest BCUT2D eigenvalue weighted by Gasteiger charge is 2.49. The summed E-state index contributed by atoms with van der Waals surface area (Å²) in [4.78, 5) is 11.6. The summed E-state index contributed by atoms with van der Waals surface area (Å²) in [6.45, 7) is 1.64. The average Bonchev–Trinajstić information content (AvgIpc) is 3.15. The van der Waals surface area contributed by atoms with Crippen LogP contribution in [0.15, 0.2) is 61.7 Å². The van der Waals surface area contributed by atoms with E-state index in [4.69, 9.17) is 20.1 Å². The Kier molecular flexibility index (Phi) is 3.07. The second kappa shape index (κ2) is 4.98. The maximum absolute atomic E-state index is 6.20. The molecule has 112 valence electrons. The van der Waals surface area contributed by atoms with E-state index in [9.17, 15) is 0 Å². The Balaban J connectivity index is 2.00. The van der Waals surface area contributed by atoms with Crippen molar-refractivity contribution in [1.82, 2.24) is 4.90 Å². The first-order valence-corrected chi connectivity index (χ1v) is 7.97. The van der Waals surface area contributed by atoms with Gasteiger partial charge in [0.15, 0.2) is 11.5 Å². The molecule has 0 amide bonds. The largest absolute Gasteiger partial charge is 0.472 e. The predicted octanol–water partition coefficient (Wildman–Crippen LogP) is 2.72. The fourth-order valence-electron chi connectivity index (χ4n) is 3.16. The molecule has 4 rings (SSSR count). The summed E-state index contributed by atoms with van der Waals surface area (Å²) < 4.78 is 6.32. The fraction of sp³-hybridized carbons (Fsp3) is 0.250. The number of halogens is 1. The van der Waals surface area contributed by atoms with Crippen LogP contribution < -0.4 is 5.73 Å². The highest BCUT2D eigenvalue weighted by molar-refractivity contribution is 9.10. The van der Waals surface area contributed by atoms with E-state index in [1.54, 1.807) is 12.5 Å². The number of furan rings is 1. The number of aliphatic imine (C=N–C) groups is 2. The lowest BCUT2D eigenvalue weighted by Gasteiger charge is -2.31. The van der Waals surface area contributed by atoms with Crippen LogP contribution in [0.5, 0.6) is 0 Å². The molecule has 2 aromatic rings. The topological polar surface area (TPSA) is 67.1 Å². The van der Waals surface area contributed by atoms with E-state index in [0.717, 1.165) is 40.9 Å². The molecular formula is C16H15BrN4O. The van der Waals surface area contributed by atoms with E-state index >= 15 is 0 Å². The third-order valence-electron chi connectivity index (χ3n) is 4.12. The lowest BCUT2D eigenvalue weighted by molar-refractivity contribution is 0.525. The van der Waals surface area contributed by atoms with E-state index in [1.807, 2.05) is 23.1 Å². The minimum Gasteiger partial charge on any atom is -0.472 e. The molecule has 5 nitrogen and oxygen atoms in total. The van der Waals surface area contributed by atoms with Crippen molar-refractivity contribution >= 4 is 27.7 Å². The maximum Gasteiger partial charge on any atom is 0.198 e. The molecule has 1 atom stereocenters. The number of amidine groups is 1. The summed E-state index contributed by atoms with van der Waals surface area (Å²) in [5.74, 6) is 1.40. The smallest absolute Gasteiger partial charge is 0.198 e. The molecule has 3 heterocycles. The second-order valence-corrected chi connectivity index (χ2v) is 6.33. The lowest BCUT2D eigenvalue weighted by Crippen LogP contribution is -2.46. The van der Waals surface area contributed by atoms with Crippen molar-refractivity contribution in [3.8, 4) is 0 Å². The molecule has 0 aliphatic carbocycles. The van der Waals surface area contributed by atoms with Crippen molar-refractivity contribution in [1.29, 1.82) is 0 Å². The van der Waals surface area contributed by atoms with Crippen LogP contribution in [0.2, 0.25) is 0 Å². The number of rotatable bonds is 2. The molecule has 0 spiro atoms. The highest BCUT2D eigenvalue weighted by Crippen LogP contribution is 2.42. The molecule has 0 saturated heterocycles. The number of benzene rings is 1. The number of hydrogen-bond donors (Lipinski definition) is 1. The summed E-state index contributed by atoms with van der Waals surface area (Å²) in [7, 11) is 0. The number of nitrogens with two attached hydrogens (primary N) is 1. The Hall–Kier alpha value is -2.08. The molecule has 1 aromatic carbocycles. The van der Waals surface area contributed by atoms with Gasteiger partial charge in [-0.2, -0.15) is 0 Å². The van der Waals surface area contributed by atoms with Crippen LogP contribution in [0.4, 0.5) is 0 Å². The Bertz CT molecular complexity index is 768. The number of nitrogens with zero attached hydrogens (tertiary/aromatic N) is 3. The van der Waals surface area contributed by atoms with Gasteiger partial charge in [0, 0.05) is 23.1 Å². The molecule has 1 aromatic heterocycles. The predicted molar refractivity (Wildman–Crippen MR) is 88.9 cm³/mol. The number of fused-ring (bicyclic) bond motifs is 1. The monoisotopic (exact) mass is 358 g/mol. The van der Waals surface area contributed by atoms with Gasteiger partial charge in [-0.15, -0.1) is 0 Å². The quantitative estimate of drug-likeness (QED) is 0.897. The third kappa shape index (κ3) is 1.83. The summed E-state index contributed by atoms with van der Waals surface area (Å²) in [5.41, 5.74) is 7.44. The van der Waals surface area contributed by atoms with Crippen LogP contribution >= 0.6 is 15.9 Å². The van der Waals surface area contributed by atoms with Crippen LogP contribution in [0.3, 0.4) is 0 Å². The Labute approximate surface area is 136 Å². The Morgan fingerprint density at radius 3 is 2.95 bits per heavy atom. The molecule has 2 N–H and O–H groups in total. The van der Waals surface area contributed by atoms with Crippen molar-refractivity contribution in [2.24, 2.45) is 15.7 Å². The van der Waals surface area contributed by atoms with Crippen molar-refractivity contribution in [2.45, 2.75) is 12.0 Å². The van der Waals surface area contributed by atoms with E-state index in [0.29, 0.717) is 5.96 Å². The molecule has 6 heteroatoms. The van der Waals surface area contributed by atoms with E-state index in [2.05, 4.69) is 28.1 Å². The van der Waals surface area contributed by atoms with Gasteiger partial charge in [-0.1, -0.05) is 28.1 Å². The molecule has 0 saturated carbocycles. The minimum atomic E-state index is -0.721. The van der Waals surface area contributed by atoms with Gasteiger partial charge in [0.25, 0.3) is 0 Å². The first-order chi connectivity index (χ1) is 10.7. The van der Waals surface area contributed by atoms with Crippen molar-refractivity contribution in [3.63, 3.8) is 0 Å². The molecule has 0 radical (unpaired) electrons. The summed E-state index contributed by atoms with van der Waals surface area (Å²) in [5, 5.41) is 0. The summed E-state index contributed by atoms with van der Waals surface area (Å²) in [6.07, 6.45) is 4.37. The van der Waals surface area contributed by atoms with E-state index in [-0.39, 0.29) is 0 Å². The number of guanidine groups is 1. The van der Waals surface area contributed by atoms with Gasteiger partial charge in [0.05, 0.1) is 12.5 Å².